The third kappa shape index (κ3) is 3.07. The Morgan fingerprint density at radius 2 is 2.00 bits per heavy atom. The molecule has 2 nitrogen and oxygen atoms in total. The van der Waals surface area contributed by atoms with Crippen molar-refractivity contribution in [1.82, 2.24) is 0 Å². The molecule has 2 aromatic rings. The standard InChI is InChI=1S/C18H20ClNO/c1-12-11-14(9-10-16(12)19)21-17-8-4-6-13-5-2-3-7-15(13)18(17)20/h2-3,5,7,9-11,17-18H,4,6,8,20H2,1H3. The highest BCUT2D eigenvalue weighted by Gasteiger charge is 2.26. The van der Waals surface area contributed by atoms with Crippen LogP contribution in [-0.2, 0) is 6.42 Å². The molecular weight excluding hydrogens is 282 g/mol. The summed E-state index contributed by atoms with van der Waals surface area (Å²) < 4.78 is 6.16. The number of ether oxygens (including phenoxy) is 1. The van der Waals surface area contributed by atoms with Crippen LogP contribution in [0.4, 0.5) is 0 Å². The van der Waals surface area contributed by atoms with Crippen molar-refractivity contribution in [1.29, 1.82) is 0 Å². The Bertz CT molecular complexity index is 641. The average Bonchev–Trinajstić information content (AvgIpc) is 2.64. The van der Waals surface area contributed by atoms with Crippen molar-refractivity contribution in [2.75, 3.05) is 0 Å². The van der Waals surface area contributed by atoms with Gasteiger partial charge in [-0.3, -0.25) is 0 Å². The topological polar surface area (TPSA) is 35.2 Å². The van der Waals surface area contributed by atoms with Crippen LogP contribution in [0.25, 0.3) is 0 Å². The van der Waals surface area contributed by atoms with Gasteiger partial charge in [0.2, 0.25) is 0 Å². The fourth-order valence-electron chi connectivity index (χ4n) is 2.96. The summed E-state index contributed by atoms with van der Waals surface area (Å²) in [6.45, 7) is 1.98. The highest BCUT2D eigenvalue weighted by molar-refractivity contribution is 6.31. The van der Waals surface area contributed by atoms with Gasteiger partial charge in [0.15, 0.2) is 0 Å². The van der Waals surface area contributed by atoms with Gasteiger partial charge in [0.05, 0.1) is 6.04 Å². The first-order valence-corrected chi connectivity index (χ1v) is 7.79. The lowest BCUT2D eigenvalue weighted by Crippen LogP contribution is -2.30. The van der Waals surface area contributed by atoms with E-state index in [1.54, 1.807) is 0 Å². The first kappa shape index (κ1) is 14.4. The number of fused-ring (bicyclic) bond motifs is 1. The SMILES string of the molecule is Cc1cc(OC2CCCc3ccccc3C2N)ccc1Cl. The lowest BCUT2D eigenvalue weighted by molar-refractivity contribution is 0.162. The highest BCUT2D eigenvalue weighted by atomic mass is 35.5. The van der Waals surface area contributed by atoms with Gasteiger partial charge in [-0.1, -0.05) is 35.9 Å². The maximum atomic E-state index is 6.46. The van der Waals surface area contributed by atoms with E-state index in [4.69, 9.17) is 22.1 Å². The molecular formula is C18H20ClNO. The molecule has 2 atom stereocenters. The minimum atomic E-state index is -0.0836. The Labute approximate surface area is 130 Å². The van der Waals surface area contributed by atoms with Crippen LogP contribution in [0.1, 0.15) is 35.6 Å². The summed E-state index contributed by atoms with van der Waals surface area (Å²) in [4.78, 5) is 0. The molecule has 2 N–H and O–H groups in total. The lowest BCUT2D eigenvalue weighted by atomic mass is 9.98. The Hall–Kier alpha value is -1.51. The fraction of sp³-hybridized carbons (Fsp3) is 0.333. The maximum absolute atomic E-state index is 6.46. The van der Waals surface area contributed by atoms with Crippen molar-refractivity contribution in [3.8, 4) is 5.75 Å². The smallest absolute Gasteiger partial charge is 0.120 e. The molecule has 2 unspecified atom stereocenters. The summed E-state index contributed by atoms with van der Waals surface area (Å²) in [5.74, 6) is 0.844. The van der Waals surface area contributed by atoms with E-state index < -0.39 is 0 Å². The van der Waals surface area contributed by atoms with Crippen molar-refractivity contribution in [3.05, 3.63) is 64.2 Å². The van der Waals surface area contributed by atoms with Gasteiger partial charge in [0.25, 0.3) is 0 Å². The van der Waals surface area contributed by atoms with E-state index in [1.165, 1.54) is 11.1 Å². The van der Waals surface area contributed by atoms with Crippen LogP contribution in [0, 0.1) is 6.92 Å². The minimum Gasteiger partial charge on any atom is -0.488 e. The molecule has 2 aromatic carbocycles. The van der Waals surface area contributed by atoms with Crippen LogP contribution < -0.4 is 10.5 Å². The molecule has 0 bridgehead atoms. The molecule has 0 radical (unpaired) electrons. The van der Waals surface area contributed by atoms with Gasteiger partial charge in [-0.2, -0.15) is 0 Å². The van der Waals surface area contributed by atoms with Crippen LogP contribution in [0.15, 0.2) is 42.5 Å². The normalized spacial score (nSPS) is 21.5. The molecule has 21 heavy (non-hydrogen) atoms. The average molecular weight is 302 g/mol. The van der Waals surface area contributed by atoms with Crippen molar-refractivity contribution < 1.29 is 4.74 Å². The lowest BCUT2D eigenvalue weighted by Gasteiger charge is -2.24. The van der Waals surface area contributed by atoms with Gasteiger partial charge < -0.3 is 10.5 Å². The molecule has 3 rings (SSSR count). The number of benzene rings is 2. The Morgan fingerprint density at radius 3 is 2.81 bits per heavy atom. The van der Waals surface area contributed by atoms with Crippen LogP contribution in [-0.4, -0.2) is 6.10 Å². The van der Waals surface area contributed by atoms with Crippen LogP contribution >= 0.6 is 11.6 Å². The van der Waals surface area contributed by atoms with E-state index in [0.29, 0.717) is 0 Å². The monoisotopic (exact) mass is 301 g/mol. The summed E-state index contributed by atoms with van der Waals surface area (Å²) >= 11 is 6.06. The third-order valence-corrected chi connectivity index (χ3v) is 4.59. The number of aryl methyl sites for hydroxylation is 2. The van der Waals surface area contributed by atoms with E-state index in [-0.39, 0.29) is 12.1 Å². The molecule has 1 aliphatic rings. The summed E-state index contributed by atoms with van der Waals surface area (Å²) in [5.41, 5.74) is 10.0. The quantitative estimate of drug-likeness (QED) is 0.833. The largest absolute Gasteiger partial charge is 0.488 e. The predicted molar refractivity (Wildman–Crippen MR) is 86.9 cm³/mol. The summed E-state index contributed by atoms with van der Waals surface area (Å²) in [6, 6.07) is 14.1. The van der Waals surface area contributed by atoms with Crippen LogP contribution in [0.2, 0.25) is 5.02 Å². The predicted octanol–water partition coefficient (Wildman–Crippen LogP) is 4.43. The zero-order chi connectivity index (χ0) is 14.8. The third-order valence-electron chi connectivity index (χ3n) is 4.17. The van der Waals surface area contributed by atoms with Crippen LogP contribution in [0.5, 0.6) is 5.75 Å². The number of nitrogens with two attached hydrogens (primary N) is 1. The second-order valence-corrected chi connectivity index (χ2v) is 6.09. The first-order valence-electron chi connectivity index (χ1n) is 7.41. The molecule has 0 saturated heterocycles. The second-order valence-electron chi connectivity index (χ2n) is 5.68. The minimum absolute atomic E-state index is 0.00854. The molecule has 0 aromatic heterocycles. The molecule has 0 saturated carbocycles. The molecule has 0 fully saturated rings. The number of hydrogen-bond acceptors (Lipinski definition) is 2. The Kier molecular flexibility index (Phi) is 4.18. The summed E-state index contributed by atoms with van der Waals surface area (Å²) in [6.07, 6.45) is 3.15. The van der Waals surface area contributed by atoms with Gasteiger partial charge in [-0.05, 0) is 61.1 Å². The van der Waals surface area contributed by atoms with Gasteiger partial charge in [-0.15, -0.1) is 0 Å². The van der Waals surface area contributed by atoms with E-state index in [9.17, 15) is 0 Å². The number of rotatable bonds is 2. The molecule has 3 heteroatoms. The van der Waals surface area contributed by atoms with E-state index >= 15 is 0 Å². The van der Waals surface area contributed by atoms with E-state index in [1.807, 2.05) is 31.2 Å². The second kappa shape index (κ2) is 6.08. The fourth-order valence-corrected chi connectivity index (χ4v) is 3.08. The van der Waals surface area contributed by atoms with Crippen molar-refractivity contribution in [2.24, 2.45) is 5.73 Å². The molecule has 0 aliphatic heterocycles. The van der Waals surface area contributed by atoms with Crippen molar-refractivity contribution in [2.45, 2.75) is 38.3 Å². The van der Waals surface area contributed by atoms with Gasteiger partial charge in [-0.25, -0.2) is 0 Å². The van der Waals surface area contributed by atoms with Crippen molar-refractivity contribution >= 4 is 11.6 Å². The zero-order valence-corrected chi connectivity index (χ0v) is 12.9. The van der Waals surface area contributed by atoms with Gasteiger partial charge >= 0.3 is 0 Å². The first-order chi connectivity index (χ1) is 10.1. The Balaban J connectivity index is 1.84. The van der Waals surface area contributed by atoms with E-state index in [0.717, 1.165) is 35.6 Å². The number of hydrogen-bond donors (Lipinski definition) is 1. The van der Waals surface area contributed by atoms with Gasteiger partial charge in [0.1, 0.15) is 11.9 Å². The summed E-state index contributed by atoms with van der Waals surface area (Å²) in [5, 5.41) is 0.762. The number of halogens is 1. The molecule has 1 aliphatic carbocycles. The van der Waals surface area contributed by atoms with E-state index in [2.05, 4.69) is 18.2 Å². The van der Waals surface area contributed by atoms with Crippen molar-refractivity contribution in [3.63, 3.8) is 0 Å². The zero-order valence-electron chi connectivity index (χ0n) is 12.2. The highest BCUT2D eigenvalue weighted by Crippen LogP contribution is 2.31. The molecule has 0 amide bonds. The Morgan fingerprint density at radius 1 is 1.19 bits per heavy atom. The molecule has 0 spiro atoms. The van der Waals surface area contributed by atoms with Crippen LogP contribution in [0.3, 0.4) is 0 Å². The summed E-state index contributed by atoms with van der Waals surface area (Å²) in [7, 11) is 0. The van der Waals surface area contributed by atoms with Gasteiger partial charge in [0, 0.05) is 5.02 Å². The molecule has 110 valence electrons. The maximum Gasteiger partial charge on any atom is 0.120 e. The molecule has 0 heterocycles.